The molecular weight excluding hydrogens is 355 g/mol. The summed E-state index contributed by atoms with van der Waals surface area (Å²) >= 11 is 1.03. The molecule has 0 bridgehead atoms. The van der Waals surface area contributed by atoms with Crippen molar-refractivity contribution < 1.29 is 18.7 Å². The number of amides is 1. The molecule has 0 aromatic heterocycles. The summed E-state index contributed by atoms with van der Waals surface area (Å²) in [7, 11) is 0. The number of carbonyl (C=O) groups excluding carboxylic acids is 2. The highest BCUT2D eigenvalue weighted by atomic mass is 32.2. The van der Waals surface area contributed by atoms with Crippen molar-refractivity contribution in [2.45, 2.75) is 6.92 Å². The molecule has 0 spiro atoms. The van der Waals surface area contributed by atoms with Crippen molar-refractivity contribution in [3.63, 3.8) is 0 Å². The fourth-order valence-electron chi connectivity index (χ4n) is 2.39. The Hall–Kier alpha value is -2.93. The zero-order valence-corrected chi connectivity index (χ0v) is 14.7. The molecule has 7 heteroatoms. The Morgan fingerprint density at radius 1 is 1.19 bits per heavy atom. The maximum absolute atomic E-state index is 13.0. The van der Waals surface area contributed by atoms with Gasteiger partial charge < -0.3 is 4.74 Å². The van der Waals surface area contributed by atoms with E-state index in [2.05, 4.69) is 0 Å². The highest BCUT2D eigenvalue weighted by Crippen LogP contribution is 2.35. The van der Waals surface area contributed by atoms with Gasteiger partial charge in [-0.25, -0.2) is 9.18 Å². The summed E-state index contributed by atoms with van der Waals surface area (Å²) in [6.07, 6.45) is 1.62. The third-order valence-electron chi connectivity index (χ3n) is 3.63. The lowest BCUT2D eigenvalue weighted by Gasteiger charge is -2.14. The highest BCUT2D eigenvalue weighted by molar-refractivity contribution is 8.19. The quantitative estimate of drug-likeness (QED) is 0.651. The van der Waals surface area contributed by atoms with Crippen LogP contribution in [-0.4, -0.2) is 23.7 Å². The Kier molecular flexibility index (Phi) is 5.18. The molecule has 0 radical (unpaired) electrons. The average Bonchev–Trinajstić information content (AvgIpc) is 2.91. The van der Waals surface area contributed by atoms with Crippen LogP contribution < -0.4 is 4.90 Å². The van der Waals surface area contributed by atoms with Gasteiger partial charge in [0.2, 0.25) is 0 Å². The molecule has 2 aromatic rings. The van der Waals surface area contributed by atoms with Gasteiger partial charge in [-0.2, -0.15) is 0 Å². The number of nitrogens with one attached hydrogen (secondary N) is 1. The van der Waals surface area contributed by atoms with Crippen LogP contribution in [0.2, 0.25) is 0 Å². The van der Waals surface area contributed by atoms with Crippen LogP contribution in [0.1, 0.15) is 22.8 Å². The second kappa shape index (κ2) is 7.53. The number of esters is 1. The molecule has 5 nitrogen and oxygen atoms in total. The molecular formula is C19H15FN2O3S. The summed E-state index contributed by atoms with van der Waals surface area (Å²) in [4.78, 5) is 26.0. The van der Waals surface area contributed by atoms with E-state index in [-0.39, 0.29) is 23.5 Å². The van der Waals surface area contributed by atoms with Crippen LogP contribution in [-0.2, 0) is 9.53 Å². The molecule has 132 valence electrons. The molecule has 1 amide bonds. The summed E-state index contributed by atoms with van der Waals surface area (Å²) in [6, 6.07) is 12.1. The normalized spacial score (nSPS) is 15.6. The van der Waals surface area contributed by atoms with Gasteiger partial charge in [0.25, 0.3) is 5.91 Å². The molecule has 0 aliphatic carbocycles. The molecule has 0 saturated carbocycles. The topological polar surface area (TPSA) is 70.5 Å². The number of thioether (sulfide) groups is 1. The van der Waals surface area contributed by atoms with E-state index in [1.165, 1.54) is 17.0 Å². The molecule has 0 unspecified atom stereocenters. The molecule has 0 atom stereocenters. The SMILES string of the molecule is CCOC(=O)c1ccc(N2C(=N)S/C(=C\c3ccc(F)cc3)C2=O)cc1. The molecule has 3 rings (SSSR count). The van der Waals surface area contributed by atoms with E-state index < -0.39 is 5.97 Å². The van der Waals surface area contributed by atoms with E-state index in [1.54, 1.807) is 49.4 Å². The Labute approximate surface area is 154 Å². The Bertz CT molecular complexity index is 892. The van der Waals surface area contributed by atoms with Gasteiger partial charge in [-0.3, -0.25) is 15.1 Å². The monoisotopic (exact) mass is 370 g/mol. The highest BCUT2D eigenvalue weighted by Gasteiger charge is 2.33. The number of ether oxygens (including phenoxy) is 1. The molecule has 1 saturated heterocycles. The number of halogens is 1. The minimum absolute atomic E-state index is 0.0623. The molecule has 26 heavy (non-hydrogen) atoms. The first kappa shape index (κ1) is 17.9. The molecule has 1 aliphatic heterocycles. The van der Waals surface area contributed by atoms with Crippen molar-refractivity contribution in [3.05, 3.63) is 70.4 Å². The Morgan fingerprint density at radius 3 is 2.46 bits per heavy atom. The van der Waals surface area contributed by atoms with Crippen molar-refractivity contribution in [1.82, 2.24) is 0 Å². The van der Waals surface area contributed by atoms with Crippen LogP contribution >= 0.6 is 11.8 Å². The predicted molar refractivity (Wildman–Crippen MR) is 99.6 cm³/mol. The minimum Gasteiger partial charge on any atom is -0.462 e. The van der Waals surface area contributed by atoms with E-state index in [0.717, 1.165) is 11.8 Å². The van der Waals surface area contributed by atoms with Gasteiger partial charge in [-0.05, 0) is 66.7 Å². The fourth-order valence-corrected chi connectivity index (χ4v) is 3.25. The number of carbonyl (C=O) groups is 2. The summed E-state index contributed by atoms with van der Waals surface area (Å²) in [5.41, 5.74) is 1.54. The summed E-state index contributed by atoms with van der Waals surface area (Å²) < 4.78 is 17.9. The summed E-state index contributed by atoms with van der Waals surface area (Å²) in [6.45, 7) is 2.01. The van der Waals surface area contributed by atoms with Gasteiger partial charge >= 0.3 is 5.97 Å². The van der Waals surface area contributed by atoms with Crippen molar-refractivity contribution in [2.75, 3.05) is 11.5 Å². The second-order valence-electron chi connectivity index (χ2n) is 5.38. The van der Waals surface area contributed by atoms with Crippen LogP contribution in [0.4, 0.5) is 10.1 Å². The number of anilines is 1. The number of rotatable bonds is 4. The smallest absolute Gasteiger partial charge is 0.338 e. The van der Waals surface area contributed by atoms with Gasteiger partial charge in [0.05, 0.1) is 22.8 Å². The van der Waals surface area contributed by atoms with Crippen LogP contribution in [0, 0.1) is 11.2 Å². The first-order chi connectivity index (χ1) is 12.5. The van der Waals surface area contributed by atoms with E-state index >= 15 is 0 Å². The number of benzene rings is 2. The van der Waals surface area contributed by atoms with E-state index in [1.807, 2.05) is 0 Å². The van der Waals surface area contributed by atoms with Crippen LogP contribution in [0.15, 0.2) is 53.4 Å². The molecule has 1 fully saturated rings. The molecule has 1 heterocycles. The Morgan fingerprint density at radius 2 is 1.85 bits per heavy atom. The van der Waals surface area contributed by atoms with Gasteiger partial charge in [-0.1, -0.05) is 12.1 Å². The zero-order valence-electron chi connectivity index (χ0n) is 13.9. The number of amidine groups is 1. The van der Waals surface area contributed by atoms with E-state index in [0.29, 0.717) is 21.7 Å². The van der Waals surface area contributed by atoms with Gasteiger partial charge in [-0.15, -0.1) is 0 Å². The standard InChI is InChI=1S/C19H15FN2O3S/c1-2-25-18(24)13-5-9-15(10-6-13)22-17(23)16(26-19(22)21)11-12-3-7-14(20)8-4-12/h3-11,21H,2H2,1H3/b16-11-,21-19?. The maximum Gasteiger partial charge on any atom is 0.338 e. The first-order valence-electron chi connectivity index (χ1n) is 7.85. The summed E-state index contributed by atoms with van der Waals surface area (Å²) in [5, 5.41) is 8.15. The van der Waals surface area contributed by atoms with E-state index in [9.17, 15) is 14.0 Å². The van der Waals surface area contributed by atoms with Crippen molar-refractivity contribution in [2.24, 2.45) is 0 Å². The largest absolute Gasteiger partial charge is 0.462 e. The molecule has 1 aliphatic rings. The first-order valence-corrected chi connectivity index (χ1v) is 8.66. The number of hydrogen-bond donors (Lipinski definition) is 1. The Balaban J connectivity index is 1.83. The number of hydrogen-bond acceptors (Lipinski definition) is 5. The van der Waals surface area contributed by atoms with Crippen LogP contribution in [0.5, 0.6) is 0 Å². The predicted octanol–water partition coefficient (Wildman–Crippen LogP) is 4.06. The third-order valence-corrected chi connectivity index (χ3v) is 4.52. The van der Waals surface area contributed by atoms with Crippen LogP contribution in [0.3, 0.4) is 0 Å². The van der Waals surface area contributed by atoms with Crippen molar-refractivity contribution in [3.8, 4) is 0 Å². The van der Waals surface area contributed by atoms with Crippen molar-refractivity contribution in [1.29, 1.82) is 5.41 Å². The van der Waals surface area contributed by atoms with E-state index in [4.69, 9.17) is 10.1 Å². The zero-order chi connectivity index (χ0) is 18.7. The lowest BCUT2D eigenvalue weighted by atomic mass is 10.2. The lowest BCUT2D eigenvalue weighted by Crippen LogP contribution is -2.28. The van der Waals surface area contributed by atoms with Crippen LogP contribution in [0.25, 0.3) is 6.08 Å². The van der Waals surface area contributed by atoms with Gasteiger partial charge in [0.15, 0.2) is 5.17 Å². The van der Waals surface area contributed by atoms with Gasteiger partial charge in [0.1, 0.15) is 5.82 Å². The lowest BCUT2D eigenvalue weighted by molar-refractivity contribution is -0.113. The summed E-state index contributed by atoms with van der Waals surface area (Å²) in [5.74, 6) is -1.13. The maximum atomic E-state index is 13.0. The second-order valence-corrected chi connectivity index (χ2v) is 6.41. The average molecular weight is 370 g/mol. The third kappa shape index (κ3) is 3.67. The molecule has 2 aromatic carbocycles. The van der Waals surface area contributed by atoms with Crippen molar-refractivity contribution >= 4 is 40.6 Å². The number of nitrogens with zero attached hydrogens (tertiary/aromatic N) is 1. The fraction of sp³-hybridized carbons (Fsp3) is 0.105. The molecule has 1 N–H and O–H groups in total. The minimum atomic E-state index is -0.437. The van der Waals surface area contributed by atoms with Gasteiger partial charge in [0, 0.05) is 0 Å².